The van der Waals surface area contributed by atoms with Crippen LogP contribution in [0.3, 0.4) is 0 Å². The molecule has 2 aliphatic rings. The molecule has 0 saturated carbocycles. The molecule has 49 heavy (non-hydrogen) atoms. The van der Waals surface area contributed by atoms with Gasteiger partial charge in [0.05, 0.1) is 0 Å². The Morgan fingerprint density at radius 3 is 1.06 bits per heavy atom. The van der Waals surface area contributed by atoms with Crippen molar-refractivity contribution in [1.82, 2.24) is 0 Å². The van der Waals surface area contributed by atoms with Gasteiger partial charge in [0.25, 0.3) is 0 Å². The molecule has 0 unspecified atom stereocenters. The molecule has 4 aromatic carbocycles. The fourth-order valence-corrected chi connectivity index (χ4v) is 4.81. The van der Waals surface area contributed by atoms with E-state index in [1.807, 2.05) is 0 Å². The molecule has 0 atom stereocenters. The quantitative estimate of drug-likeness (QED) is 0.0931. The van der Waals surface area contributed by atoms with Crippen LogP contribution in [0, 0.1) is 10.8 Å². The van der Waals surface area contributed by atoms with Gasteiger partial charge >= 0.3 is 0 Å². The molecule has 2 aliphatic carbocycles. The normalized spacial score (nSPS) is 13.0. The molecule has 0 fully saturated rings. The molecular weight excluding hydrogens is 644 g/mol. The van der Waals surface area contributed by atoms with Gasteiger partial charge in [-0.25, -0.2) is 0 Å². The van der Waals surface area contributed by atoms with Crippen molar-refractivity contribution >= 4 is 68.6 Å². The Morgan fingerprint density at radius 1 is 0.490 bits per heavy atom. The summed E-state index contributed by atoms with van der Waals surface area (Å²) >= 11 is 5.11. The van der Waals surface area contributed by atoms with Crippen molar-refractivity contribution in [2.75, 3.05) is 22.5 Å². The largest absolute Gasteiger partial charge is 0.399 e. The van der Waals surface area contributed by atoms with Gasteiger partial charge < -0.3 is 22.5 Å². The highest BCUT2D eigenvalue weighted by Gasteiger charge is 2.32. The number of nitrogens with one attached hydrogen (secondary N) is 1. The lowest BCUT2D eigenvalue weighted by Crippen LogP contribution is -2.28. The van der Waals surface area contributed by atoms with E-state index in [4.69, 9.17) is 28.8 Å². The number of hydrogen-bond acceptors (Lipinski definition) is 9. The van der Waals surface area contributed by atoms with Crippen LogP contribution in [0.25, 0.3) is 22.3 Å². The Balaban J connectivity index is 0.000000190. The zero-order chi connectivity index (χ0) is 36.6. The smallest absolute Gasteiger partial charge is 0.234 e. The van der Waals surface area contributed by atoms with Gasteiger partial charge in [0, 0.05) is 55.8 Å². The number of nitrogen functional groups attached to an aromatic ring is 3. The molecular formula is C38H37ClN4O6. The number of rotatable bonds is 1. The van der Waals surface area contributed by atoms with E-state index in [-0.39, 0.29) is 16.6 Å². The Morgan fingerprint density at radius 2 is 0.776 bits per heavy atom. The minimum atomic E-state index is -0.588. The van der Waals surface area contributed by atoms with Crippen molar-refractivity contribution in [3.63, 3.8) is 0 Å². The lowest BCUT2D eigenvalue weighted by molar-refractivity contribution is -0.123. The topological polar surface area (TPSA) is 193 Å². The van der Waals surface area contributed by atoms with E-state index in [0.29, 0.717) is 56.1 Å². The monoisotopic (exact) mass is 680 g/mol. The molecule has 0 heterocycles. The summed E-state index contributed by atoms with van der Waals surface area (Å²) < 4.78 is 0. The molecule has 0 aromatic heterocycles. The van der Waals surface area contributed by atoms with E-state index in [9.17, 15) is 28.8 Å². The first-order chi connectivity index (χ1) is 22.7. The summed E-state index contributed by atoms with van der Waals surface area (Å²) in [5, 5.41) is 2.49. The Labute approximate surface area is 289 Å². The van der Waals surface area contributed by atoms with E-state index in [2.05, 4.69) is 5.32 Å². The van der Waals surface area contributed by atoms with Crippen molar-refractivity contribution < 1.29 is 28.8 Å². The number of Topliss-reactive ketones (excluding diaryl/α,β-unsaturated/α-hetero) is 4. The maximum atomic E-state index is 12.4. The highest BCUT2D eigenvalue weighted by Crippen LogP contribution is 2.37. The van der Waals surface area contributed by atoms with Gasteiger partial charge in [0.1, 0.15) is 0 Å². The fourth-order valence-electron chi connectivity index (χ4n) is 4.81. The number of nitrogens with two attached hydrogens (primary N) is 3. The number of hydrogen-bond donors (Lipinski definition) is 4. The van der Waals surface area contributed by atoms with Gasteiger partial charge in [-0.1, -0.05) is 65.8 Å². The van der Waals surface area contributed by atoms with E-state index in [1.165, 1.54) is 18.2 Å². The van der Waals surface area contributed by atoms with Crippen molar-refractivity contribution in [3.05, 3.63) is 95.1 Å². The summed E-state index contributed by atoms with van der Waals surface area (Å²) in [6, 6.07) is 20.0. The average molecular weight is 681 g/mol. The van der Waals surface area contributed by atoms with Gasteiger partial charge in [-0.3, -0.25) is 28.8 Å². The van der Waals surface area contributed by atoms with Crippen LogP contribution in [-0.2, 0) is 9.59 Å². The van der Waals surface area contributed by atoms with Crippen molar-refractivity contribution in [1.29, 1.82) is 0 Å². The van der Waals surface area contributed by atoms with E-state index in [0.717, 1.165) is 11.1 Å². The predicted molar refractivity (Wildman–Crippen MR) is 193 cm³/mol. The van der Waals surface area contributed by atoms with Crippen LogP contribution in [0.1, 0.15) is 83.0 Å². The Hall–Kier alpha value is -5.61. The Kier molecular flexibility index (Phi) is 9.97. The molecule has 11 heteroatoms. The van der Waals surface area contributed by atoms with Crippen molar-refractivity contribution in [2.45, 2.75) is 41.5 Å². The lowest BCUT2D eigenvalue weighted by Gasteiger charge is -2.21. The third-order valence-electron chi connectivity index (χ3n) is 7.65. The summed E-state index contributed by atoms with van der Waals surface area (Å²) in [7, 11) is 0. The number of anilines is 4. The molecule has 0 saturated heterocycles. The SMILES string of the molecule is CC(C)(C)C(=O)Cl.CC(C)(C)C(=O)Nc1ccc2c(c1)C(=O)C(=O)c1cc(N)ccc1-2.Nc1ccc2c(c1)C(=O)C(=O)c1cc(N)ccc1-2. The van der Waals surface area contributed by atoms with Gasteiger partial charge in [-0.05, 0) is 82.4 Å². The second-order valence-electron chi connectivity index (χ2n) is 13.7. The summed E-state index contributed by atoms with van der Waals surface area (Å²) in [4.78, 5) is 71.1. The first kappa shape index (κ1) is 36.2. The van der Waals surface area contributed by atoms with Crippen LogP contribution < -0.4 is 22.5 Å². The highest BCUT2D eigenvalue weighted by atomic mass is 35.5. The molecule has 252 valence electrons. The average Bonchev–Trinajstić information content (AvgIpc) is 3.02. The predicted octanol–water partition coefficient (Wildman–Crippen LogP) is 6.99. The van der Waals surface area contributed by atoms with Crippen molar-refractivity contribution in [3.8, 4) is 22.3 Å². The second kappa shape index (κ2) is 13.5. The third kappa shape index (κ3) is 7.76. The summed E-state index contributed by atoms with van der Waals surface area (Å²) in [6.45, 7) is 10.7. The second-order valence-corrected chi connectivity index (χ2v) is 14.1. The maximum Gasteiger partial charge on any atom is 0.234 e. The summed E-state index contributed by atoms with van der Waals surface area (Å²) in [5.74, 6) is -2.39. The van der Waals surface area contributed by atoms with Crippen LogP contribution in [0.2, 0.25) is 0 Å². The van der Waals surface area contributed by atoms with Crippen molar-refractivity contribution in [2.24, 2.45) is 10.8 Å². The van der Waals surface area contributed by atoms with E-state index >= 15 is 0 Å². The number of amides is 1. The number of benzene rings is 4. The molecule has 10 nitrogen and oxygen atoms in total. The summed E-state index contributed by atoms with van der Waals surface area (Å²) in [6.07, 6.45) is 0. The lowest BCUT2D eigenvalue weighted by atomic mass is 9.83. The number of carbonyl (C=O) groups excluding carboxylic acids is 6. The zero-order valence-electron chi connectivity index (χ0n) is 28.0. The minimum Gasteiger partial charge on any atom is -0.399 e. The fraction of sp³-hybridized carbons (Fsp3) is 0.211. The number of ketones is 4. The van der Waals surface area contributed by atoms with Gasteiger partial charge in [-0.2, -0.15) is 0 Å². The number of halogens is 1. The molecule has 0 bridgehead atoms. The third-order valence-corrected chi connectivity index (χ3v) is 8.22. The van der Waals surface area contributed by atoms with E-state index in [1.54, 1.807) is 96.1 Å². The van der Waals surface area contributed by atoms with Gasteiger partial charge in [0.15, 0.2) is 0 Å². The van der Waals surface area contributed by atoms with Crippen LogP contribution in [-0.4, -0.2) is 34.3 Å². The molecule has 4 aromatic rings. The summed E-state index contributed by atoms with van der Waals surface area (Å²) in [5.41, 5.74) is 22.1. The number of fused-ring (bicyclic) bond motifs is 6. The van der Waals surface area contributed by atoms with Gasteiger partial charge in [-0.15, -0.1) is 0 Å². The van der Waals surface area contributed by atoms with Crippen LogP contribution in [0.15, 0.2) is 72.8 Å². The molecule has 6 rings (SSSR count). The van der Waals surface area contributed by atoms with Crippen LogP contribution in [0.4, 0.5) is 22.7 Å². The Bertz CT molecular complexity index is 2010. The molecule has 0 aliphatic heterocycles. The first-order valence-electron chi connectivity index (χ1n) is 15.2. The highest BCUT2D eigenvalue weighted by molar-refractivity contribution is 6.64. The molecule has 0 radical (unpaired) electrons. The van der Waals surface area contributed by atoms with Crippen LogP contribution in [0.5, 0.6) is 0 Å². The van der Waals surface area contributed by atoms with Gasteiger partial charge in [0.2, 0.25) is 34.3 Å². The number of carbonyl (C=O) groups is 6. The van der Waals surface area contributed by atoms with E-state index < -0.39 is 28.5 Å². The standard InChI is InChI=1S/C19H18N2O3.C14H10N2O2.C5H9ClO/c1-19(2,3)18(24)21-11-5-7-13-12-6-4-10(20)8-14(12)16(22)17(23)15(13)9-11;15-7-1-3-9-10-4-2-8(16)6-12(10)14(18)13(17)11(9)5-7;1-5(2,3)4(6)7/h4-9H,20H2,1-3H3,(H,21,24);1-6H,15-16H2;1-3H3. The molecule has 7 N–H and O–H groups in total. The first-order valence-corrected chi connectivity index (χ1v) is 15.6. The van der Waals surface area contributed by atoms with Crippen LogP contribution >= 0.6 is 11.6 Å². The maximum absolute atomic E-state index is 12.4. The molecule has 0 spiro atoms. The zero-order valence-corrected chi connectivity index (χ0v) is 28.7. The minimum absolute atomic E-state index is 0.162. The molecule has 1 amide bonds.